The van der Waals surface area contributed by atoms with Gasteiger partial charge in [0.05, 0.1) is 0 Å². The third kappa shape index (κ3) is 4.14. The van der Waals surface area contributed by atoms with Crippen LogP contribution >= 0.6 is 0 Å². The second-order valence-corrected chi connectivity index (χ2v) is 18.7. The van der Waals surface area contributed by atoms with Gasteiger partial charge in [-0.25, -0.2) is 0 Å². The number of benzene rings is 5. The van der Waals surface area contributed by atoms with E-state index >= 15 is 0 Å². The van der Waals surface area contributed by atoms with Crippen LogP contribution in [-0.4, -0.2) is 55.4 Å². The van der Waals surface area contributed by atoms with Gasteiger partial charge in [-0.3, -0.25) is 0 Å². The van der Waals surface area contributed by atoms with Crippen LogP contribution in [0, 0.1) is 0 Å². The number of hydrogen-bond acceptors (Lipinski definition) is 9. The van der Waals surface area contributed by atoms with Gasteiger partial charge >= 0.3 is 297 Å². The van der Waals surface area contributed by atoms with E-state index in [1.54, 1.807) is 18.2 Å². The second kappa shape index (κ2) is 10.5. The summed E-state index contributed by atoms with van der Waals surface area (Å²) in [4.78, 5) is 31.0. The maximum atomic E-state index is 14.4. The van der Waals surface area contributed by atoms with Gasteiger partial charge in [0, 0.05) is 0 Å². The van der Waals surface area contributed by atoms with Gasteiger partial charge in [-0.15, -0.1) is 0 Å². The Balaban J connectivity index is 1.40. The number of nitrogens with zero attached hydrogens (tertiary/aromatic N) is 8. The predicted octanol–water partition coefficient (Wildman–Crippen LogP) is 5.33. The zero-order valence-corrected chi connectivity index (χ0v) is 29.7. The average Bonchev–Trinajstić information content (AvgIpc) is 3.87. The monoisotopic (exact) mass is 738 g/mol. The number of hydrogen-bond donors (Lipinski definition) is 0. The molecule has 240 valence electrons. The molecular formula is C38H21GaN8O3S. The fourth-order valence-electron chi connectivity index (χ4n) is 7.23. The quantitative estimate of drug-likeness (QED) is 0.228. The van der Waals surface area contributed by atoms with Crippen molar-refractivity contribution < 1.29 is 11.4 Å². The molecule has 11 rings (SSSR count). The van der Waals surface area contributed by atoms with Crippen molar-refractivity contribution in [2.45, 2.75) is 4.90 Å². The molecule has 4 aliphatic rings. The molecule has 5 aromatic carbocycles. The fraction of sp³-hybridized carbons (Fsp3) is 0. The molecule has 0 unspecified atom stereocenters. The third-order valence-corrected chi connectivity index (χ3v) is 17.4. The zero-order valence-electron chi connectivity index (χ0n) is 26.4. The van der Waals surface area contributed by atoms with Gasteiger partial charge in [0.25, 0.3) is 0 Å². The van der Waals surface area contributed by atoms with Crippen LogP contribution in [0.3, 0.4) is 0 Å². The Kier molecular flexibility index (Phi) is 5.94. The van der Waals surface area contributed by atoms with E-state index in [1.165, 1.54) is 12.1 Å². The molecule has 0 amide bonds. The van der Waals surface area contributed by atoms with Crippen molar-refractivity contribution in [3.05, 3.63) is 161 Å². The minimum absolute atomic E-state index is 0.0413. The standard InChI is InChI=1S/C32H16N8.C6H6O3S.Ga/c1-2-10-18-17(9-1)25-33-26(18)38-28-21-13-5-6-14-22(21)30(35-28)40-32-24-16-8-7-15-23(24)31(36-32)39-29-20-12-4-3-11-19(20)27(34-29)37-25;7-10(8,9)6-4-2-1-3-5-6;/h1-16H;1-5H,(H,7,8,9);/q-2;;+3/p-1. The summed E-state index contributed by atoms with van der Waals surface area (Å²) in [5, 5.41) is 3.08. The molecule has 11 nitrogen and oxygen atoms in total. The number of amidine groups is 4. The summed E-state index contributed by atoms with van der Waals surface area (Å²) in [5.74, 6) is 2.84. The first-order valence-electron chi connectivity index (χ1n) is 16.3. The maximum absolute atomic E-state index is 14.4. The molecule has 2 aromatic heterocycles. The van der Waals surface area contributed by atoms with Crippen LogP contribution in [0.5, 0.6) is 0 Å². The third-order valence-electron chi connectivity index (χ3n) is 9.51. The molecule has 0 radical (unpaired) electrons. The SMILES string of the molecule is O=S(=O)([O][Ga]1[n]2c3c4ccccc4c2N=C2N=C(N=c4c5ccccc5c([n]41)=NC1=NC(=N3)c3ccccc31)c1ccccc12)c1ccccc1. The van der Waals surface area contributed by atoms with E-state index in [9.17, 15) is 8.42 Å². The molecule has 0 N–H and O–H groups in total. The Morgan fingerprint density at radius 2 is 0.824 bits per heavy atom. The Labute approximate surface area is 295 Å². The molecule has 0 saturated heterocycles. The normalized spacial score (nSPS) is 15.3. The summed E-state index contributed by atoms with van der Waals surface area (Å²) >= 11 is -4.35. The molecule has 51 heavy (non-hydrogen) atoms. The summed E-state index contributed by atoms with van der Waals surface area (Å²) in [6.45, 7) is 0. The minimum atomic E-state index is -4.35. The van der Waals surface area contributed by atoms with E-state index in [0.717, 1.165) is 43.8 Å². The molecule has 0 saturated carbocycles. The molecule has 0 aliphatic carbocycles. The van der Waals surface area contributed by atoms with Gasteiger partial charge < -0.3 is 0 Å². The van der Waals surface area contributed by atoms with Gasteiger partial charge in [0.1, 0.15) is 0 Å². The topological polar surface area (TPSA) is 127 Å². The first kappa shape index (κ1) is 28.8. The van der Waals surface area contributed by atoms with E-state index in [4.69, 9.17) is 32.9 Å². The van der Waals surface area contributed by atoms with E-state index in [0.29, 0.717) is 46.0 Å². The Morgan fingerprint density at radius 1 is 0.431 bits per heavy atom. The van der Waals surface area contributed by atoms with Gasteiger partial charge in [0.2, 0.25) is 0 Å². The van der Waals surface area contributed by atoms with Crippen LogP contribution in [0.4, 0.5) is 11.6 Å². The molecule has 13 heteroatoms. The van der Waals surface area contributed by atoms with Crippen molar-refractivity contribution in [2.75, 3.05) is 0 Å². The first-order valence-corrected chi connectivity index (χ1v) is 20.8. The van der Waals surface area contributed by atoms with E-state index in [-0.39, 0.29) is 4.90 Å². The first-order chi connectivity index (χ1) is 25.0. The van der Waals surface area contributed by atoms with Gasteiger partial charge in [0.15, 0.2) is 0 Å². The predicted molar refractivity (Wildman–Crippen MR) is 196 cm³/mol. The molecular weight excluding hydrogens is 718 g/mol. The van der Waals surface area contributed by atoms with Gasteiger partial charge in [-0.05, 0) is 0 Å². The Hall–Kier alpha value is -5.99. The number of aliphatic imine (C=N–C) groups is 4. The van der Waals surface area contributed by atoms with E-state index < -0.39 is 27.2 Å². The Bertz CT molecular complexity index is 2920. The van der Waals surface area contributed by atoms with E-state index in [1.807, 2.05) is 104 Å². The van der Waals surface area contributed by atoms with Crippen LogP contribution in [0.25, 0.3) is 21.5 Å². The van der Waals surface area contributed by atoms with Crippen molar-refractivity contribution in [3.8, 4) is 0 Å². The molecule has 4 aliphatic heterocycles. The van der Waals surface area contributed by atoms with Crippen molar-refractivity contribution in [1.82, 2.24) is 6.55 Å². The van der Waals surface area contributed by atoms with Crippen LogP contribution in [0.2, 0.25) is 0 Å². The van der Waals surface area contributed by atoms with Crippen LogP contribution in [0.15, 0.2) is 162 Å². The van der Waals surface area contributed by atoms with Gasteiger partial charge in [-0.2, -0.15) is 0 Å². The summed E-state index contributed by atoms with van der Waals surface area (Å²) in [5.41, 5.74) is 4.25. The number of aromatic nitrogens is 2. The van der Waals surface area contributed by atoms with Crippen molar-refractivity contribution in [1.29, 1.82) is 0 Å². The molecule has 6 heterocycles. The molecule has 0 atom stereocenters. The van der Waals surface area contributed by atoms with Crippen LogP contribution < -0.4 is 11.0 Å². The van der Waals surface area contributed by atoms with Crippen molar-refractivity contribution >= 4 is 83.7 Å². The molecule has 6 bridgehead atoms. The number of rotatable bonds is 3. The summed E-state index contributed by atoms with van der Waals surface area (Å²) in [6, 6.07) is 39.5. The second-order valence-electron chi connectivity index (χ2n) is 12.4. The molecule has 7 aromatic rings. The van der Waals surface area contributed by atoms with Gasteiger partial charge in [-0.1, -0.05) is 0 Å². The zero-order chi connectivity index (χ0) is 33.8. The average molecular weight is 739 g/mol. The molecule has 0 spiro atoms. The van der Waals surface area contributed by atoms with Crippen LogP contribution in [-0.2, 0) is 13.1 Å². The Morgan fingerprint density at radius 3 is 1.29 bits per heavy atom. The summed E-state index contributed by atoms with van der Waals surface area (Å²) in [7, 11) is -4.34. The van der Waals surface area contributed by atoms with Crippen LogP contribution in [0.1, 0.15) is 22.3 Å². The van der Waals surface area contributed by atoms with E-state index in [2.05, 4.69) is 0 Å². The summed E-state index contributed by atoms with van der Waals surface area (Å²) < 4.78 is 39.3. The van der Waals surface area contributed by atoms with Crippen molar-refractivity contribution in [3.63, 3.8) is 0 Å². The van der Waals surface area contributed by atoms with Crippen molar-refractivity contribution in [2.24, 2.45) is 30.0 Å². The fourth-order valence-corrected chi connectivity index (χ4v) is 15.3. The summed E-state index contributed by atoms with van der Waals surface area (Å²) in [6.07, 6.45) is 0. The number of fused-ring (bicyclic) bond motifs is 14. The molecule has 0 fully saturated rings.